The number of nitro groups is 1. The van der Waals surface area contributed by atoms with Crippen LogP contribution in [0.15, 0.2) is 83.4 Å². The molecule has 0 bridgehead atoms. The summed E-state index contributed by atoms with van der Waals surface area (Å²) < 4.78 is 16.7. The number of non-ortho nitro benzene ring substituents is 1. The Morgan fingerprint density at radius 1 is 1.15 bits per heavy atom. The van der Waals surface area contributed by atoms with Crippen LogP contribution in [0.25, 0.3) is 11.3 Å². The highest BCUT2D eigenvalue weighted by molar-refractivity contribution is 7.80. The van der Waals surface area contributed by atoms with Gasteiger partial charge in [0.25, 0.3) is 5.69 Å². The number of methoxy groups -OCH3 is 2. The number of pyridine rings is 1. The molecular formula is C28H25N5O6S. The predicted octanol–water partition coefficient (Wildman–Crippen LogP) is 5.02. The molecule has 3 heterocycles. The molecule has 2 N–H and O–H groups in total. The monoisotopic (exact) mass is 559 g/mol. The summed E-state index contributed by atoms with van der Waals surface area (Å²) >= 11 is 5.79. The van der Waals surface area contributed by atoms with Crippen LogP contribution in [0.4, 0.5) is 17.1 Å². The lowest BCUT2D eigenvalue weighted by molar-refractivity contribution is -0.384. The molecular weight excluding hydrogens is 534 g/mol. The average molecular weight is 560 g/mol. The van der Waals surface area contributed by atoms with Crippen LogP contribution in [0.1, 0.15) is 23.5 Å². The van der Waals surface area contributed by atoms with E-state index in [0.29, 0.717) is 39.3 Å². The highest BCUT2D eigenvalue weighted by Crippen LogP contribution is 2.44. The highest BCUT2D eigenvalue weighted by atomic mass is 32.1. The number of anilines is 2. The second-order valence-corrected chi connectivity index (χ2v) is 9.26. The van der Waals surface area contributed by atoms with E-state index < -0.39 is 11.0 Å². The number of benzene rings is 2. The molecule has 1 aliphatic heterocycles. The van der Waals surface area contributed by atoms with E-state index in [1.165, 1.54) is 26.4 Å². The third kappa shape index (κ3) is 5.35. The summed E-state index contributed by atoms with van der Waals surface area (Å²) in [5.74, 6) is 1.28. The van der Waals surface area contributed by atoms with Crippen LogP contribution in [0.2, 0.25) is 0 Å². The number of amides is 1. The number of nitro benzene ring substituents is 1. The van der Waals surface area contributed by atoms with Crippen molar-refractivity contribution in [1.29, 1.82) is 0 Å². The summed E-state index contributed by atoms with van der Waals surface area (Å²) in [6.45, 7) is -0.112. The van der Waals surface area contributed by atoms with Crippen molar-refractivity contribution in [3.63, 3.8) is 0 Å². The first kappa shape index (κ1) is 26.8. The van der Waals surface area contributed by atoms with Gasteiger partial charge in [-0.25, -0.2) is 0 Å². The molecule has 204 valence electrons. The maximum absolute atomic E-state index is 12.3. The van der Waals surface area contributed by atoms with Crippen LogP contribution >= 0.6 is 12.2 Å². The highest BCUT2D eigenvalue weighted by Gasteiger charge is 2.42. The molecule has 2 aromatic carbocycles. The Balaban J connectivity index is 1.56. The summed E-state index contributed by atoms with van der Waals surface area (Å²) in [6.07, 6.45) is 1.71. The van der Waals surface area contributed by atoms with E-state index >= 15 is 0 Å². The van der Waals surface area contributed by atoms with Crippen LogP contribution in [0.5, 0.6) is 5.75 Å². The number of thiocarbonyl (C=S) groups is 1. The smallest absolute Gasteiger partial charge is 0.269 e. The van der Waals surface area contributed by atoms with Gasteiger partial charge >= 0.3 is 0 Å². The summed E-state index contributed by atoms with van der Waals surface area (Å²) in [4.78, 5) is 29.4. The van der Waals surface area contributed by atoms with Crippen LogP contribution in [0, 0.1) is 10.1 Å². The Labute approximate surface area is 234 Å². The fourth-order valence-electron chi connectivity index (χ4n) is 4.60. The number of nitrogens with one attached hydrogen (secondary N) is 2. The minimum absolute atomic E-state index is 0.00448. The number of rotatable bonds is 9. The van der Waals surface area contributed by atoms with Crippen molar-refractivity contribution >= 4 is 40.3 Å². The molecule has 1 aliphatic rings. The minimum Gasteiger partial charge on any atom is -0.495 e. The molecule has 0 aliphatic carbocycles. The molecule has 1 fully saturated rings. The molecule has 2 aromatic heterocycles. The van der Waals surface area contributed by atoms with Crippen molar-refractivity contribution in [2.45, 2.75) is 12.1 Å². The fraction of sp³-hybridized carbons (Fsp3) is 0.179. The van der Waals surface area contributed by atoms with Gasteiger partial charge in [0.15, 0.2) is 5.11 Å². The zero-order valence-electron chi connectivity index (χ0n) is 21.6. The van der Waals surface area contributed by atoms with E-state index in [0.717, 1.165) is 5.69 Å². The van der Waals surface area contributed by atoms with Crippen molar-refractivity contribution in [1.82, 2.24) is 10.3 Å². The summed E-state index contributed by atoms with van der Waals surface area (Å²) in [5, 5.41) is 17.7. The Hall–Kier alpha value is -4.81. The SMILES string of the molecule is COCC(=O)Nc1cc(N2C(=S)N[C@H](c3ccccn3)[C@H]2c2ccc(-c3ccc([N+](=O)[O-])cc3)o2)ccc1OC. The molecule has 12 heteroatoms. The lowest BCUT2D eigenvalue weighted by Gasteiger charge is -2.27. The van der Waals surface area contributed by atoms with Crippen molar-refractivity contribution in [3.05, 3.63) is 101 Å². The molecule has 1 saturated heterocycles. The van der Waals surface area contributed by atoms with E-state index in [9.17, 15) is 14.9 Å². The van der Waals surface area contributed by atoms with E-state index in [1.807, 2.05) is 41.3 Å². The molecule has 2 atom stereocenters. The number of nitrogens with zero attached hydrogens (tertiary/aromatic N) is 3. The first-order valence-corrected chi connectivity index (χ1v) is 12.6. The molecule has 0 spiro atoms. The molecule has 0 radical (unpaired) electrons. The number of ether oxygens (including phenoxy) is 2. The topological polar surface area (TPSA) is 132 Å². The maximum atomic E-state index is 12.3. The van der Waals surface area contributed by atoms with Gasteiger partial charge in [0, 0.05) is 36.7 Å². The lowest BCUT2D eigenvalue weighted by atomic mass is 10.0. The van der Waals surface area contributed by atoms with Gasteiger partial charge < -0.3 is 29.4 Å². The van der Waals surface area contributed by atoms with Crippen molar-refractivity contribution in [3.8, 4) is 17.1 Å². The number of carbonyl (C=O) groups is 1. The molecule has 4 aromatic rings. The second-order valence-electron chi connectivity index (χ2n) is 8.87. The third-order valence-electron chi connectivity index (χ3n) is 6.39. The Morgan fingerprint density at radius 3 is 2.62 bits per heavy atom. The molecule has 0 unspecified atom stereocenters. The number of carbonyl (C=O) groups excluding carboxylic acids is 1. The Kier molecular flexibility index (Phi) is 7.71. The van der Waals surface area contributed by atoms with E-state index in [1.54, 1.807) is 30.5 Å². The van der Waals surface area contributed by atoms with E-state index in [2.05, 4.69) is 15.6 Å². The molecule has 5 rings (SSSR count). The molecule has 11 nitrogen and oxygen atoms in total. The number of aromatic nitrogens is 1. The van der Waals surface area contributed by atoms with Gasteiger partial charge in [-0.3, -0.25) is 19.9 Å². The van der Waals surface area contributed by atoms with Gasteiger partial charge in [0.05, 0.1) is 29.5 Å². The van der Waals surface area contributed by atoms with Crippen LogP contribution in [0.3, 0.4) is 0 Å². The van der Waals surface area contributed by atoms with E-state index in [-0.39, 0.29) is 24.2 Å². The number of hydrogen-bond donors (Lipinski definition) is 2. The second kappa shape index (κ2) is 11.5. The largest absolute Gasteiger partial charge is 0.495 e. The van der Waals surface area contributed by atoms with Crippen LogP contribution in [-0.4, -0.2) is 41.8 Å². The molecule has 0 saturated carbocycles. The van der Waals surface area contributed by atoms with Crippen molar-refractivity contribution < 1.29 is 23.6 Å². The van der Waals surface area contributed by atoms with Crippen LogP contribution in [-0.2, 0) is 9.53 Å². The first-order chi connectivity index (χ1) is 19.4. The zero-order valence-corrected chi connectivity index (χ0v) is 22.4. The summed E-state index contributed by atoms with van der Waals surface area (Å²) in [5.41, 5.74) is 2.58. The van der Waals surface area contributed by atoms with Gasteiger partial charge in [-0.05, 0) is 66.8 Å². The summed E-state index contributed by atoms with van der Waals surface area (Å²) in [7, 11) is 2.96. The van der Waals surface area contributed by atoms with Gasteiger partial charge in [-0.2, -0.15) is 0 Å². The van der Waals surface area contributed by atoms with Gasteiger partial charge in [0.2, 0.25) is 5.91 Å². The third-order valence-corrected chi connectivity index (χ3v) is 6.70. The number of hydrogen-bond acceptors (Lipinski definition) is 8. The van der Waals surface area contributed by atoms with Crippen LogP contribution < -0.4 is 20.3 Å². The van der Waals surface area contributed by atoms with Gasteiger partial charge in [-0.15, -0.1) is 0 Å². The van der Waals surface area contributed by atoms with Gasteiger partial charge in [-0.1, -0.05) is 6.07 Å². The quantitative estimate of drug-likeness (QED) is 0.164. The Bertz CT molecular complexity index is 1540. The van der Waals surface area contributed by atoms with E-state index in [4.69, 9.17) is 26.1 Å². The minimum atomic E-state index is -0.454. The molecule has 1 amide bonds. The zero-order chi connectivity index (χ0) is 28.2. The average Bonchev–Trinajstić information content (AvgIpc) is 3.58. The van der Waals surface area contributed by atoms with Gasteiger partial charge in [0.1, 0.15) is 29.9 Å². The maximum Gasteiger partial charge on any atom is 0.269 e. The normalized spacial score (nSPS) is 16.4. The number of furan rings is 1. The standard InChI is InChI=1S/C28H25N5O6S/c1-37-16-25(34)30-21-15-19(10-11-23(21)38-2)32-27(26(31-28(32)40)20-5-3-4-14-29-20)24-13-12-22(39-24)17-6-8-18(9-7-17)33(35)36/h3-15,26-27H,16H2,1-2H3,(H,30,34)(H,31,40)/t26-,27-/m1/s1. The fourth-order valence-corrected chi connectivity index (χ4v) is 4.94. The Morgan fingerprint density at radius 2 is 1.95 bits per heavy atom. The van der Waals surface area contributed by atoms with Crippen molar-refractivity contribution in [2.75, 3.05) is 31.0 Å². The molecule has 40 heavy (non-hydrogen) atoms. The summed E-state index contributed by atoms with van der Waals surface area (Å²) in [6, 6.07) is 20.0. The predicted molar refractivity (Wildman–Crippen MR) is 152 cm³/mol. The van der Waals surface area contributed by atoms with Crippen molar-refractivity contribution in [2.24, 2.45) is 0 Å². The lowest BCUT2D eigenvalue weighted by Crippen LogP contribution is -2.29. The first-order valence-electron chi connectivity index (χ1n) is 12.2.